The largest absolute Gasteiger partial charge is 0.484 e. The summed E-state index contributed by atoms with van der Waals surface area (Å²) in [5.74, 6) is 0.803. The maximum atomic E-state index is 12.5. The van der Waals surface area contributed by atoms with Crippen LogP contribution in [0.4, 0.5) is 5.69 Å². The van der Waals surface area contributed by atoms with Crippen molar-refractivity contribution < 1.29 is 19.1 Å². The van der Waals surface area contributed by atoms with Crippen LogP contribution in [0, 0.1) is 11.3 Å². The third-order valence-corrected chi connectivity index (χ3v) is 5.16. The number of carbonyl (C=O) groups is 2. The number of ether oxygens (including phenoxy) is 2. The molecule has 3 aliphatic rings. The van der Waals surface area contributed by atoms with E-state index in [-0.39, 0.29) is 29.8 Å². The van der Waals surface area contributed by atoms with Gasteiger partial charge in [-0.05, 0) is 37.8 Å². The minimum absolute atomic E-state index is 0.0100. The molecule has 1 heterocycles. The van der Waals surface area contributed by atoms with Crippen molar-refractivity contribution in [3.63, 3.8) is 0 Å². The minimum atomic E-state index is -0.0100. The van der Waals surface area contributed by atoms with E-state index in [4.69, 9.17) is 9.47 Å². The molecular formula is C19H24N2O4. The molecule has 0 aromatic heterocycles. The van der Waals surface area contributed by atoms with Gasteiger partial charge >= 0.3 is 0 Å². The highest BCUT2D eigenvalue weighted by atomic mass is 16.5. The number of rotatable bonds is 5. The van der Waals surface area contributed by atoms with Gasteiger partial charge in [-0.15, -0.1) is 0 Å². The summed E-state index contributed by atoms with van der Waals surface area (Å²) >= 11 is 0. The lowest BCUT2D eigenvalue weighted by Crippen LogP contribution is -2.39. The van der Waals surface area contributed by atoms with E-state index >= 15 is 0 Å². The Hall–Kier alpha value is -2.08. The molecule has 1 spiro atoms. The molecule has 1 aromatic rings. The van der Waals surface area contributed by atoms with E-state index in [2.05, 4.69) is 5.32 Å². The average Bonchev–Trinajstić information content (AvgIpc) is 3.50. The van der Waals surface area contributed by atoms with Gasteiger partial charge in [-0.1, -0.05) is 6.07 Å². The van der Waals surface area contributed by atoms with E-state index in [1.807, 2.05) is 17.0 Å². The molecule has 2 saturated carbocycles. The summed E-state index contributed by atoms with van der Waals surface area (Å²) in [5, 5.41) is 2.89. The quantitative estimate of drug-likeness (QED) is 0.888. The van der Waals surface area contributed by atoms with E-state index in [0.29, 0.717) is 24.6 Å². The van der Waals surface area contributed by atoms with Crippen LogP contribution >= 0.6 is 0 Å². The SMILES string of the molecule is O=C(Nc1cccc(OCC(=O)N2CCOCC3(CC3)C2)c1)C1CC1. The number of hydrogen-bond acceptors (Lipinski definition) is 4. The van der Waals surface area contributed by atoms with Gasteiger partial charge in [-0.25, -0.2) is 0 Å². The number of nitrogens with one attached hydrogen (secondary N) is 1. The summed E-state index contributed by atoms with van der Waals surface area (Å²) in [6.07, 6.45) is 4.22. The standard InChI is InChI=1S/C19H24N2O4/c22-17(21-8-9-24-13-19(12-21)6-7-19)11-25-16-3-1-2-15(10-16)20-18(23)14-4-5-14/h1-3,10,14H,4-9,11-13H2,(H,20,23). The fraction of sp³-hybridized carbons (Fsp3) is 0.579. The topological polar surface area (TPSA) is 67.9 Å². The van der Waals surface area contributed by atoms with E-state index in [1.54, 1.807) is 12.1 Å². The summed E-state index contributed by atoms with van der Waals surface area (Å²) < 4.78 is 11.3. The van der Waals surface area contributed by atoms with Gasteiger partial charge < -0.3 is 19.7 Å². The van der Waals surface area contributed by atoms with Gasteiger partial charge in [-0.3, -0.25) is 9.59 Å². The molecular weight excluding hydrogens is 320 g/mol. The van der Waals surface area contributed by atoms with Crippen molar-refractivity contribution in [1.29, 1.82) is 0 Å². The van der Waals surface area contributed by atoms with E-state index in [0.717, 1.165) is 38.8 Å². The summed E-state index contributed by atoms with van der Waals surface area (Å²) in [7, 11) is 0. The van der Waals surface area contributed by atoms with Crippen molar-refractivity contribution in [2.24, 2.45) is 11.3 Å². The highest BCUT2D eigenvalue weighted by Gasteiger charge is 2.46. The van der Waals surface area contributed by atoms with Crippen LogP contribution < -0.4 is 10.1 Å². The lowest BCUT2D eigenvalue weighted by molar-refractivity contribution is -0.134. The first kappa shape index (κ1) is 16.4. The van der Waals surface area contributed by atoms with Gasteiger partial charge in [0.25, 0.3) is 5.91 Å². The van der Waals surface area contributed by atoms with Gasteiger partial charge in [-0.2, -0.15) is 0 Å². The first-order chi connectivity index (χ1) is 12.1. The van der Waals surface area contributed by atoms with Crippen LogP contribution in [-0.2, 0) is 14.3 Å². The second kappa shape index (κ2) is 6.67. The van der Waals surface area contributed by atoms with E-state index in [9.17, 15) is 9.59 Å². The molecule has 6 heteroatoms. The number of amides is 2. The highest BCUT2D eigenvalue weighted by Crippen LogP contribution is 2.47. The van der Waals surface area contributed by atoms with Crippen LogP contribution in [0.25, 0.3) is 0 Å². The Kier molecular flexibility index (Phi) is 4.37. The molecule has 6 nitrogen and oxygen atoms in total. The lowest BCUT2D eigenvalue weighted by atomic mass is 10.1. The molecule has 4 rings (SSSR count). The Balaban J connectivity index is 1.31. The minimum Gasteiger partial charge on any atom is -0.484 e. The fourth-order valence-electron chi connectivity index (χ4n) is 3.17. The Bertz CT molecular complexity index is 667. The first-order valence-corrected chi connectivity index (χ1v) is 9.03. The van der Waals surface area contributed by atoms with Crippen molar-refractivity contribution in [3.05, 3.63) is 24.3 Å². The Morgan fingerprint density at radius 3 is 2.92 bits per heavy atom. The fourth-order valence-corrected chi connectivity index (χ4v) is 3.17. The predicted molar refractivity (Wildman–Crippen MR) is 92.4 cm³/mol. The number of hydrogen-bond donors (Lipinski definition) is 1. The van der Waals surface area contributed by atoms with Crippen LogP contribution in [0.5, 0.6) is 5.75 Å². The second-order valence-electron chi connectivity index (χ2n) is 7.45. The molecule has 1 aromatic carbocycles. The van der Waals surface area contributed by atoms with Crippen molar-refractivity contribution in [3.8, 4) is 5.75 Å². The highest BCUT2D eigenvalue weighted by molar-refractivity contribution is 5.94. The first-order valence-electron chi connectivity index (χ1n) is 9.03. The maximum Gasteiger partial charge on any atom is 0.260 e. The van der Waals surface area contributed by atoms with Crippen molar-refractivity contribution in [1.82, 2.24) is 4.90 Å². The van der Waals surface area contributed by atoms with Crippen LogP contribution in [0.1, 0.15) is 25.7 Å². The number of anilines is 1. The molecule has 3 fully saturated rings. The van der Waals surface area contributed by atoms with Gasteiger partial charge in [0.1, 0.15) is 5.75 Å². The molecule has 0 bridgehead atoms. The Morgan fingerprint density at radius 1 is 1.32 bits per heavy atom. The number of carbonyl (C=O) groups excluding carboxylic acids is 2. The zero-order valence-electron chi connectivity index (χ0n) is 14.3. The molecule has 2 amide bonds. The van der Waals surface area contributed by atoms with Crippen molar-refractivity contribution >= 4 is 17.5 Å². The normalized spacial score (nSPS) is 21.5. The molecule has 134 valence electrons. The Labute approximate surface area is 147 Å². The Morgan fingerprint density at radius 2 is 2.16 bits per heavy atom. The van der Waals surface area contributed by atoms with Crippen LogP contribution in [0.3, 0.4) is 0 Å². The van der Waals surface area contributed by atoms with Gasteiger partial charge in [0.05, 0.1) is 13.2 Å². The van der Waals surface area contributed by atoms with E-state index in [1.165, 1.54) is 0 Å². The molecule has 1 aliphatic heterocycles. The van der Waals surface area contributed by atoms with Crippen LogP contribution in [0.2, 0.25) is 0 Å². The summed E-state index contributed by atoms with van der Waals surface area (Å²) in [6.45, 7) is 2.76. The summed E-state index contributed by atoms with van der Waals surface area (Å²) in [4.78, 5) is 26.2. The molecule has 1 saturated heterocycles. The smallest absolute Gasteiger partial charge is 0.260 e. The number of nitrogens with zero attached hydrogens (tertiary/aromatic N) is 1. The molecule has 0 unspecified atom stereocenters. The average molecular weight is 344 g/mol. The maximum absolute atomic E-state index is 12.5. The van der Waals surface area contributed by atoms with Crippen molar-refractivity contribution in [2.75, 3.05) is 38.2 Å². The molecule has 1 N–H and O–H groups in total. The van der Waals surface area contributed by atoms with Crippen LogP contribution in [0.15, 0.2) is 24.3 Å². The van der Waals surface area contributed by atoms with Gasteiger partial charge in [0, 0.05) is 36.2 Å². The predicted octanol–water partition coefficient (Wildman–Crippen LogP) is 2.05. The van der Waals surface area contributed by atoms with Crippen molar-refractivity contribution in [2.45, 2.75) is 25.7 Å². The zero-order valence-corrected chi connectivity index (χ0v) is 14.3. The second-order valence-corrected chi connectivity index (χ2v) is 7.45. The molecule has 25 heavy (non-hydrogen) atoms. The molecule has 2 aliphatic carbocycles. The third kappa shape index (κ3) is 4.12. The lowest BCUT2D eigenvalue weighted by Gasteiger charge is -2.23. The van der Waals surface area contributed by atoms with Gasteiger partial charge in [0.2, 0.25) is 5.91 Å². The van der Waals surface area contributed by atoms with Gasteiger partial charge in [0.15, 0.2) is 6.61 Å². The monoisotopic (exact) mass is 344 g/mol. The number of benzene rings is 1. The van der Waals surface area contributed by atoms with Crippen LogP contribution in [-0.4, -0.2) is 49.6 Å². The van der Waals surface area contributed by atoms with E-state index < -0.39 is 0 Å². The summed E-state index contributed by atoms with van der Waals surface area (Å²) in [5.41, 5.74) is 0.904. The molecule has 0 radical (unpaired) electrons. The third-order valence-electron chi connectivity index (χ3n) is 5.16. The zero-order chi connectivity index (χ0) is 17.3. The summed E-state index contributed by atoms with van der Waals surface area (Å²) in [6, 6.07) is 7.22. The molecule has 0 atom stereocenters.